The maximum Gasteiger partial charge on any atom is 0.402 e. The van der Waals surface area contributed by atoms with E-state index in [0.717, 1.165) is 0 Å². The third kappa shape index (κ3) is 70.7. The average molecular weight is 109 g/mol. The van der Waals surface area contributed by atoms with E-state index in [0.29, 0.717) is 0 Å². The first-order chi connectivity index (χ1) is 3.15. The Morgan fingerprint density at radius 2 is 1.57 bits per heavy atom. The molecule has 0 bridgehead atoms. The summed E-state index contributed by atoms with van der Waals surface area (Å²) in [5.74, 6) is 8.25. The molecule has 0 fully saturated rings. The van der Waals surface area contributed by atoms with E-state index in [9.17, 15) is 0 Å². The van der Waals surface area contributed by atoms with Crippen LogP contribution in [-0.4, -0.2) is 11.2 Å². The van der Waals surface area contributed by atoms with Crippen LogP contribution in [0.25, 0.3) is 0 Å². The van der Waals surface area contributed by atoms with E-state index < -0.39 is 6.09 Å². The number of hydrogen-bond acceptors (Lipinski definition) is 4. The molecule has 0 aromatic heterocycles. The van der Waals surface area contributed by atoms with Crippen molar-refractivity contribution in [1.29, 1.82) is 0 Å². The Hall–Kier alpha value is -0.850. The van der Waals surface area contributed by atoms with Crippen LogP contribution >= 0.6 is 0 Å². The standard InChI is InChI=1S/CH3NO2.H4N2O/c2-1(3)4;1-3-2/h2H2,(H,3,4);1-2H2. The van der Waals surface area contributed by atoms with Crippen LogP contribution in [0.5, 0.6) is 0 Å². The lowest BCUT2D eigenvalue weighted by Crippen LogP contribution is -2.04. The molecule has 0 aromatic rings. The maximum atomic E-state index is 8.78. The second kappa shape index (κ2) is 8.94. The van der Waals surface area contributed by atoms with Crippen molar-refractivity contribution < 1.29 is 14.8 Å². The summed E-state index contributed by atoms with van der Waals surface area (Å²) < 4.78 is 0. The van der Waals surface area contributed by atoms with Gasteiger partial charge in [-0.1, -0.05) is 0 Å². The van der Waals surface area contributed by atoms with Crippen LogP contribution in [0.2, 0.25) is 0 Å². The molecule has 0 heterocycles. The van der Waals surface area contributed by atoms with E-state index in [1.165, 1.54) is 0 Å². The van der Waals surface area contributed by atoms with Crippen LogP contribution in [-0.2, 0) is 4.94 Å². The minimum atomic E-state index is -1.33. The van der Waals surface area contributed by atoms with Gasteiger partial charge in [-0.3, -0.25) is 0 Å². The topological polar surface area (TPSA) is 125 Å². The third-order valence-electron chi connectivity index (χ3n) is 0. The van der Waals surface area contributed by atoms with E-state index in [1.807, 2.05) is 0 Å². The van der Waals surface area contributed by atoms with Crippen molar-refractivity contribution in [2.24, 2.45) is 17.5 Å². The number of amides is 1. The van der Waals surface area contributed by atoms with Crippen molar-refractivity contribution in [2.75, 3.05) is 0 Å². The van der Waals surface area contributed by atoms with Gasteiger partial charge in [-0.25, -0.2) is 9.73 Å². The number of carboxylic acid groups (broad SMARTS) is 1. The Bertz CT molecular complexity index is 41.4. The molecule has 44 valence electrons. The smallest absolute Gasteiger partial charge is 0.402 e. The quantitative estimate of drug-likeness (QED) is 0.278. The Balaban J connectivity index is 0. The van der Waals surface area contributed by atoms with Crippen molar-refractivity contribution in [3.63, 3.8) is 0 Å². The lowest BCUT2D eigenvalue weighted by molar-refractivity contribution is 0.142. The molecule has 0 aliphatic rings. The molecule has 0 unspecified atom stereocenters. The summed E-state index contributed by atoms with van der Waals surface area (Å²) in [4.78, 5) is 12.0. The van der Waals surface area contributed by atoms with E-state index in [-0.39, 0.29) is 0 Å². The molecular weight excluding hydrogens is 102 g/mol. The van der Waals surface area contributed by atoms with Crippen LogP contribution in [0.15, 0.2) is 0 Å². The molecule has 0 aliphatic carbocycles. The predicted octanol–water partition coefficient (Wildman–Crippen LogP) is -1.63. The van der Waals surface area contributed by atoms with Crippen LogP contribution in [0.3, 0.4) is 0 Å². The summed E-state index contributed by atoms with van der Waals surface area (Å²) in [7, 11) is 0. The van der Waals surface area contributed by atoms with Gasteiger partial charge in [0.1, 0.15) is 0 Å². The molecule has 0 rings (SSSR count). The SMILES string of the molecule is NC(=O)O.NON. The lowest BCUT2D eigenvalue weighted by Gasteiger charge is -1.62. The van der Waals surface area contributed by atoms with Crippen LogP contribution in [0, 0.1) is 0 Å². The van der Waals surface area contributed by atoms with Gasteiger partial charge in [0.05, 0.1) is 0 Å². The third-order valence-corrected chi connectivity index (χ3v) is 0. The normalized spacial score (nSPS) is 6.00. The van der Waals surface area contributed by atoms with Crippen molar-refractivity contribution >= 4 is 6.09 Å². The highest BCUT2D eigenvalue weighted by Gasteiger charge is 1.65. The monoisotopic (exact) mass is 109 g/mol. The Labute approximate surface area is 39.7 Å². The first-order valence-corrected chi connectivity index (χ1v) is 1.19. The molecule has 0 spiro atoms. The summed E-state index contributed by atoms with van der Waals surface area (Å²) in [6, 6.07) is 0. The Morgan fingerprint density at radius 1 is 1.57 bits per heavy atom. The number of hydrogen-bond donors (Lipinski definition) is 4. The van der Waals surface area contributed by atoms with Crippen molar-refractivity contribution in [3.8, 4) is 0 Å². The summed E-state index contributed by atoms with van der Waals surface area (Å²) in [6.45, 7) is 0. The zero-order chi connectivity index (χ0) is 6.28. The molecule has 6 heteroatoms. The molecular formula is CH7N3O3. The molecule has 7 heavy (non-hydrogen) atoms. The highest BCUT2D eigenvalue weighted by Crippen LogP contribution is 1.34. The fourth-order valence-corrected chi connectivity index (χ4v) is 0. The molecule has 0 radical (unpaired) electrons. The van der Waals surface area contributed by atoms with Gasteiger partial charge in [-0.05, 0) is 0 Å². The van der Waals surface area contributed by atoms with Gasteiger partial charge in [0, 0.05) is 0 Å². The fraction of sp³-hybridized carbons (Fsp3) is 0. The zero-order valence-corrected chi connectivity index (χ0v) is 3.50. The highest BCUT2D eigenvalue weighted by atomic mass is 16.7. The first kappa shape index (κ1) is 9.47. The second-order valence-electron chi connectivity index (χ2n) is 0.474. The van der Waals surface area contributed by atoms with E-state index in [1.54, 1.807) is 0 Å². The van der Waals surface area contributed by atoms with Gasteiger partial charge >= 0.3 is 6.09 Å². The summed E-state index contributed by atoms with van der Waals surface area (Å²) >= 11 is 0. The molecule has 7 N–H and O–H groups in total. The predicted molar refractivity (Wildman–Crippen MR) is 21.7 cm³/mol. The lowest BCUT2D eigenvalue weighted by atomic mass is 11.3. The highest BCUT2D eigenvalue weighted by molar-refractivity contribution is 5.61. The molecule has 0 aliphatic heterocycles. The van der Waals surface area contributed by atoms with E-state index in [2.05, 4.69) is 22.5 Å². The number of primary amides is 1. The summed E-state index contributed by atoms with van der Waals surface area (Å²) in [5, 5.41) is 7.19. The second-order valence-corrected chi connectivity index (χ2v) is 0.474. The fourth-order valence-electron chi connectivity index (χ4n) is 0. The summed E-state index contributed by atoms with van der Waals surface area (Å²) in [5.41, 5.74) is 4.03. The van der Waals surface area contributed by atoms with Crippen LogP contribution in [0.4, 0.5) is 4.79 Å². The number of carbonyl (C=O) groups is 1. The van der Waals surface area contributed by atoms with Gasteiger partial charge in [-0.2, -0.15) is 11.8 Å². The first-order valence-electron chi connectivity index (χ1n) is 1.19. The largest absolute Gasteiger partial charge is 0.465 e. The molecule has 0 atom stereocenters. The van der Waals surface area contributed by atoms with Crippen molar-refractivity contribution in [2.45, 2.75) is 0 Å². The zero-order valence-electron chi connectivity index (χ0n) is 3.50. The van der Waals surface area contributed by atoms with Crippen LogP contribution in [0.1, 0.15) is 0 Å². The average Bonchev–Trinajstić information content (AvgIpc) is 1.33. The van der Waals surface area contributed by atoms with Gasteiger partial charge in [0.2, 0.25) is 0 Å². The molecule has 0 saturated carbocycles. The molecule has 0 saturated heterocycles. The van der Waals surface area contributed by atoms with E-state index >= 15 is 0 Å². The molecule has 0 aromatic carbocycles. The van der Waals surface area contributed by atoms with E-state index in [4.69, 9.17) is 9.90 Å². The Morgan fingerprint density at radius 3 is 1.57 bits per heavy atom. The number of nitrogens with two attached hydrogens (primary N) is 3. The minimum Gasteiger partial charge on any atom is -0.465 e. The Kier molecular flexibility index (Phi) is 12.1. The minimum absolute atomic E-state index is 1.33. The van der Waals surface area contributed by atoms with Gasteiger partial charge in [-0.15, -0.1) is 0 Å². The number of rotatable bonds is 0. The summed E-state index contributed by atoms with van der Waals surface area (Å²) in [6.07, 6.45) is -1.33. The molecule has 1 amide bonds. The van der Waals surface area contributed by atoms with Gasteiger partial charge in [0.15, 0.2) is 0 Å². The van der Waals surface area contributed by atoms with Gasteiger partial charge < -0.3 is 10.8 Å². The van der Waals surface area contributed by atoms with Crippen molar-refractivity contribution in [1.82, 2.24) is 0 Å². The van der Waals surface area contributed by atoms with Gasteiger partial charge in [0.25, 0.3) is 0 Å². The molecule has 6 nitrogen and oxygen atoms in total. The maximum absolute atomic E-state index is 8.78. The van der Waals surface area contributed by atoms with Crippen molar-refractivity contribution in [3.05, 3.63) is 0 Å². The van der Waals surface area contributed by atoms with Crippen LogP contribution < -0.4 is 17.5 Å².